The van der Waals surface area contributed by atoms with Gasteiger partial charge in [-0.3, -0.25) is 0 Å². The maximum Gasteiger partial charge on any atom is 0.115 e. The number of ether oxygens (including phenoxy) is 1. The third-order valence-electron chi connectivity index (χ3n) is 2.84. The summed E-state index contributed by atoms with van der Waals surface area (Å²) in [5.74, 6) is 1.55. The van der Waals surface area contributed by atoms with Crippen molar-refractivity contribution >= 4 is 5.57 Å². The summed E-state index contributed by atoms with van der Waals surface area (Å²) in [7, 11) is 1.72. The van der Waals surface area contributed by atoms with E-state index in [-0.39, 0.29) is 0 Å². The van der Waals surface area contributed by atoms with Crippen molar-refractivity contribution in [2.75, 3.05) is 7.11 Å². The second kappa shape index (κ2) is 4.35. The van der Waals surface area contributed by atoms with Crippen molar-refractivity contribution < 1.29 is 4.74 Å². The summed E-state index contributed by atoms with van der Waals surface area (Å²) in [6.45, 7) is 2.25. The molecule has 0 aromatic heterocycles. The van der Waals surface area contributed by atoms with Gasteiger partial charge < -0.3 is 4.74 Å². The third-order valence-corrected chi connectivity index (χ3v) is 2.84. The van der Waals surface area contributed by atoms with Crippen LogP contribution < -0.4 is 0 Å². The first-order valence-corrected chi connectivity index (χ1v) is 5.32. The van der Waals surface area contributed by atoms with Gasteiger partial charge in [0, 0.05) is 0 Å². The highest BCUT2D eigenvalue weighted by atomic mass is 16.5. The molecule has 0 heterocycles. The first-order chi connectivity index (χ1) is 7.31. The van der Waals surface area contributed by atoms with Crippen LogP contribution in [0.4, 0.5) is 0 Å². The lowest BCUT2D eigenvalue weighted by Gasteiger charge is -2.20. The molecule has 1 aliphatic carbocycles. The molecule has 1 aromatic carbocycles. The second-order valence-electron chi connectivity index (χ2n) is 3.91. The van der Waals surface area contributed by atoms with Crippen molar-refractivity contribution in [1.82, 2.24) is 0 Å². The van der Waals surface area contributed by atoms with Crippen LogP contribution >= 0.6 is 0 Å². The van der Waals surface area contributed by atoms with Crippen molar-refractivity contribution in [2.45, 2.75) is 13.3 Å². The number of benzene rings is 1. The predicted octanol–water partition coefficient (Wildman–Crippen LogP) is 3.64. The number of methoxy groups -OCH3 is 1. The van der Waals surface area contributed by atoms with Gasteiger partial charge in [-0.2, -0.15) is 0 Å². The van der Waals surface area contributed by atoms with Gasteiger partial charge in [-0.05, 0) is 35.6 Å². The Morgan fingerprint density at radius 3 is 2.60 bits per heavy atom. The summed E-state index contributed by atoms with van der Waals surface area (Å²) in [6.07, 6.45) is 5.35. The summed E-state index contributed by atoms with van der Waals surface area (Å²) in [5.41, 5.74) is 2.67. The number of rotatable bonds is 2. The topological polar surface area (TPSA) is 9.23 Å². The summed E-state index contributed by atoms with van der Waals surface area (Å²) in [4.78, 5) is 0. The minimum Gasteiger partial charge on any atom is -0.497 e. The van der Waals surface area contributed by atoms with E-state index in [0.29, 0.717) is 5.92 Å². The molecule has 0 radical (unpaired) electrons. The zero-order valence-electron chi connectivity index (χ0n) is 9.23. The summed E-state index contributed by atoms with van der Waals surface area (Å²) in [6, 6.07) is 10.5. The van der Waals surface area contributed by atoms with Crippen molar-refractivity contribution in [2.24, 2.45) is 5.92 Å². The average Bonchev–Trinajstić information content (AvgIpc) is 2.31. The standard InChI is InChI=1S/C14H16O/c1-11-8-9-13(15-2)10-14(11)12-6-4-3-5-7-12/h3-7,9-11H,8H2,1-2H3. The highest BCUT2D eigenvalue weighted by Gasteiger charge is 2.14. The lowest BCUT2D eigenvalue weighted by atomic mass is 9.87. The van der Waals surface area contributed by atoms with E-state index in [2.05, 4.69) is 43.3 Å². The third kappa shape index (κ3) is 2.12. The van der Waals surface area contributed by atoms with Crippen LogP contribution in [0.25, 0.3) is 5.57 Å². The molecule has 0 N–H and O–H groups in total. The Hall–Kier alpha value is -1.50. The average molecular weight is 200 g/mol. The van der Waals surface area contributed by atoms with Crippen LogP contribution in [0.3, 0.4) is 0 Å². The molecule has 0 amide bonds. The molecule has 15 heavy (non-hydrogen) atoms. The normalized spacial score (nSPS) is 20.5. The molecule has 0 saturated carbocycles. The molecule has 0 aliphatic heterocycles. The summed E-state index contributed by atoms with van der Waals surface area (Å²) in [5, 5.41) is 0. The van der Waals surface area contributed by atoms with Crippen molar-refractivity contribution in [3.8, 4) is 0 Å². The summed E-state index contributed by atoms with van der Waals surface area (Å²) < 4.78 is 5.28. The molecule has 0 bridgehead atoms. The lowest BCUT2D eigenvalue weighted by molar-refractivity contribution is 0.302. The SMILES string of the molecule is COC1=CCC(C)C(c2ccccc2)=C1. The molecule has 1 nitrogen and oxygen atoms in total. The van der Waals surface area contributed by atoms with Gasteiger partial charge in [-0.1, -0.05) is 37.3 Å². The minimum absolute atomic E-state index is 0.575. The van der Waals surface area contributed by atoms with Crippen LogP contribution in [0.1, 0.15) is 18.9 Å². The molecule has 1 aliphatic rings. The van der Waals surface area contributed by atoms with E-state index in [0.717, 1.165) is 12.2 Å². The molecule has 0 spiro atoms. The van der Waals surface area contributed by atoms with E-state index < -0.39 is 0 Å². The fourth-order valence-electron chi connectivity index (χ4n) is 1.92. The lowest BCUT2D eigenvalue weighted by Crippen LogP contribution is -2.04. The predicted molar refractivity (Wildman–Crippen MR) is 63.3 cm³/mol. The maximum absolute atomic E-state index is 5.28. The van der Waals surface area contributed by atoms with Gasteiger partial charge >= 0.3 is 0 Å². The molecule has 1 unspecified atom stereocenters. The van der Waals surface area contributed by atoms with Gasteiger partial charge in [0.2, 0.25) is 0 Å². The Balaban J connectivity index is 2.35. The van der Waals surface area contributed by atoms with E-state index in [4.69, 9.17) is 4.74 Å². The molecule has 2 rings (SSSR count). The number of allylic oxidation sites excluding steroid dienone is 3. The molecule has 78 valence electrons. The molecular weight excluding hydrogens is 184 g/mol. The van der Waals surface area contributed by atoms with Gasteiger partial charge in [0.15, 0.2) is 0 Å². The van der Waals surface area contributed by atoms with Gasteiger partial charge in [0.25, 0.3) is 0 Å². The van der Waals surface area contributed by atoms with Gasteiger partial charge in [-0.25, -0.2) is 0 Å². The van der Waals surface area contributed by atoms with Crippen LogP contribution in [0.5, 0.6) is 0 Å². The van der Waals surface area contributed by atoms with E-state index >= 15 is 0 Å². The monoisotopic (exact) mass is 200 g/mol. The highest BCUT2D eigenvalue weighted by molar-refractivity contribution is 5.70. The van der Waals surface area contributed by atoms with Gasteiger partial charge in [0.1, 0.15) is 5.76 Å². The number of hydrogen-bond donors (Lipinski definition) is 0. The molecular formula is C14H16O. The van der Waals surface area contributed by atoms with E-state index in [9.17, 15) is 0 Å². The first kappa shape index (κ1) is 10.0. The van der Waals surface area contributed by atoms with Crippen molar-refractivity contribution in [3.05, 3.63) is 53.8 Å². The fraction of sp³-hybridized carbons (Fsp3) is 0.286. The van der Waals surface area contributed by atoms with Crippen molar-refractivity contribution in [1.29, 1.82) is 0 Å². The Morgan fingerprint density at radius 2 is 1.93 bits per heavy atom. The van der Waals surface area contributed by atoms with E-state index in [1.54, 1.807) is 7.11 Å². The molecule has 0 saturated heterocycles. The Kier molecular flexibility index (Phi) is 2.91. The van der Waals surface area contributed by atoms with Crippen LogP contribution in [0, 0.1) is 5.92 Å². The quantitative estimate of drug-likeness (QED) is 0.708. The Morgan fingerprint density at radius 1 is 1.20 bits per heavy atom. The van der Waals surface area contributed by atoms with E-state index in [1.807, 2.05) is 6.07 Å². The summed E-state index contributed by atoms with van der Waals surface area (Å²) >= 11 is 0. The molecule has 0 fully saturated rings. The van der Waals surface area contributed by atoms with Gasteiger partial charge in [0.05, 0.1) is 7.11 Å². The van der Waals surface area contributed by atoms with Crippen LogP contribution in [-0.2, 0) is 4.74 Å². The zero-order valence-corrected chi connectivity index (χ0v) is 9.23. The smallest absolute Gasteiger partial charge is 0.115 e. The van der Waals surface area contributed by atoms with Crippen LogP contribution in [-0.4, -0.2) is 7.11 Å². The Bertz CT molecular complexity index is 387. The Labute approximate surface area is 91.1 Å². The van der Waals surface area contributed by atoms with Crippen LogP contribution in [0.2, 0.25) is 0 Å². The number of hydrogen-bond acceptors (Lipinski definition) is 1. The minimum atomic E-state index is 0.575. The molecule has 1 atom stereocenters. The molecule has 1 aromatic rings. The fourth-order valence-corrected chi connectivity index (χ4v) is 1.92. The highest BCUT2D eigenvalue weighted by Crippen LogP contribution is 2.31. The largest absolute Gasteiger partial charge is 0.497 e. The molecule has 1 heteroatoms. The maximum atomic E-state index is 5.28. The van der Waals surface area contributed by atoms with Crippen LogP contribution in [0.15, 0.2) is 48.2 Å². The second-order valence-corrected chi connectivity index (χ2v) is 3.91. The van der Waals surface area contributed by atoms with E-state index in [1.165, 1.54) is 11.1 Å². The zero-order chi connectivity index (χ0) is 10.7. The first-order valence-electron chi connectivity index (χ1n) is 5.32. The van der Waals surface area contributed by atoms with Gasteiger partial charge in [-0.15, -0.1) is 0 Å². The van der Waals surface area contributed by atoms with Crippen molar-refractivity contribution in [3.63, 3.8) is 0 Å².